The molecule has 106 valence electrons. The summed E-state index contributed by atoms with van der Waals surface area (Å²) in [7, 11) is 1.84. The standard InChI is InChI=1S/C15H25N3O/c1-12(2)16-10-6-9-15(19)18(4)11-14-8-5-7-13(3)17-14/h5,7-8,12,16H,6,9-11H2,1-4H3. The number of hydrogen-bond donors (Lipinski definition) is 1. The van der Waals surface area contributed by atoms with Crippen LogP contribution in [0.4, 0.5) is 0 Å². The molecule has 0 radical (unpaired) electrons. The number of carbonyl (C=O) groups is 1. The maximum Gasteiger partial charge on any atom is 0.222 e. The predicted octanol–water partition coefficient (Wildman–Crippen LogP) is 2.13. The summed E-state index contributed by atoms with van der Waals surface area (Å²) in [6.07, 6.45) is 1.46. The Bertz CT molecular complexity index is 404. The van der Waals surface area contributed by atoms with Crippen molar-refractivity contribution in [3.63, 3.8) is 0 Å². The molecule has 1 amide bonds. The maximum absolute atomic E-state index is 11.9. The van der Waals surface area contributed by atoms with Crippen LogP contribution in [0.15, 0.2) is 18.2 Å². The van der Waals surface area contributed by atoms with E-state index in [2.05, 4.69) is 24.1 Å². The molecule has 0 aromatic carbocycles. The number of pyridine rings is 1. The molecule has 1 N–H and O–H groups in total. The van der Waals surface area contributed by atoms with Gasteiger partial charge in [0.15, 0.2) is 0 Å². The van der Waals surface area contributed by atoms with Gasteiger partial charge in [-0.1, -0.05) is 19.9 Å². The van der Waals surface area contributed by atoms with E-state index >= 15 is 0 Å². The van der Waals surface area contributed by atoms with Crippen molar-refractivity contribution in [2.24, 2.45) is 0 Å². The smallest absolute Gasteiger partial charge is 0.222 e. The molecule has 4 heteroatoms. The Morgan fingerprint density at radius 1 is 1.42 bits per heavy atom. The second-order valence-corrected chi connectivity index (χ2v) is 5.23. The Morgan fingerprint density at radius 3 is 2.79 bits per heavy atom. The maximum atomic E-state index is 11.9. The molecule has 0 aliphatic heterocycles. The summed E-state index contributed by atoms with van der Waals surface area (Å²) < 4.78 is 0. The highest BCUT2D eigenvalue weighted by atomic mass is 16.2. The molecule has 1 rings (SSSR count). The Balaban J connectivity index is 2.32. The van der Waals surface area contributed by atoms with Crippen molar-refractivity contribution in [3.8, 4) is 0 Å². The minimum Gasteiger partial charge on any atom is -0.340 e. The lowest BCUT2D eigenvalue weighted by Crippen LogP contribution is -2.28. The highest BCUT2D eigenvalue weighted by molar-refractivity contribution is 5.75. The Morgan fingerprint density at radius 2 is 2.16 bits per heavy atom. The van der Waals surface area contributed by atoms with Gasteiger partial charge >= 0.3 is 0 Å². The second kappa shape index (κ2) is 7.89. The van der Waals surface area contributed by atoms with Crippen LogP contribution in [0.1, 0.15) is 38.1 Å². The van der Waals surface area contributed by atoms with Gasteiger partial charge in [-0.05, 0) is 32.0 Å². The van der Waals surface area contributed by atoms with Gasteiger partial charge in [-0.3, -0.25) is 9.78 Å². The SMILES string of the molecule is Cc1cccc(CN(C)C(=O)CCCNC(C)C)n1. The summed E-state index contributed by atoms with van der Waals surface area (Å²) in [5, 5.41) is 3.31. The molecule has 0 saturated carbocycles. The van der Waals surface area contributed by atoms with Crippen molar-refractivity contribution in [1.29, 1.82) is 0 Å². The average Bonchev–Trinajstić information content (AvgIpc) is 2.34. The summed E-state index contributed by atoms with van der Waals surface area (Å²) in [5.41, 5.74) is 1.93. The molecule has 0 aliphatic carbocycles. The summed E-state index contributed by atoms with van der Waals surface area (Å²) in [6, 6.07) is 6.37. The predicted molar refractivity (Wildman–Crippen MR) is 77.8 cm³/mol. The minimum atomic E-state index is 0.175. The van der Waals surface area contributed by atoms with E-state index in [1.54, 1.807) is 4.90 Å². The average molecular weight is 263 g/mol. The lowest BCUT2D eigenvalue weighted by Gasteiger charge is -2.17. The first kappa shape index (κ1) is 15.6. The molecule has 1 aromatic heterocycles. The van der Waals surface area contributed by atoms with Crippen LogP contribution in [0.3, 0.4) is 0 Å². The van der Waals surface area contributed by atoms with Crippen LogP contribution in [0.5, 0.6) is 0 Å². The van der Waals surface area contributed by atoms with Crippen LogP contribution >= 0.6 is 0 Å². The zero-order valence-corrected chi connectivity index (χ0v) is 12.4. The monoisotopic (exact) mass is 263 g/mol. The molecule has 0 fully saturated rings. The van der Waals surface area contributed by atoms with Crippen molar-refractivity contribution < 1.29 is 4.79 Å². The Labute approximate surface area is 116 Å². The van der Waals surface area contributed by atoms with Gasteiger partial charge in [0.1, 0.15) is 0 Å². The van der Waals surface area contributed by atoms with Gasteiger partial charge < -0.3 is 10.2 Å². The second-order valence-electron chi connectivity index (χ2n) is 5.23. The van der Waals surface area contributed by atoms with Gasteiger partial charge in [0.05, 0.1) is 12.2 Å². The van der Waals surface area contributed by atoms with Gasteiger partial charge in [0.2, 0.25) is 5.91 Å². The van der Waals surface area contributed by atoms with Gasteiger partial charge in [-0.25, -0.2) is 0 Å². The summed E-state index contributed by atoms with van der Waals surface area (Å²) in [6.45, 7) is 7.65. The van der Waals surface area contributed by atoms with Gasteiger partial charge in [-0.2, -0.15) is 0 Å². The molecular formula is C15H25N3O. The molecule has 0 unspecified atom stereocenters. The van der Waals surface area contributed by atoms with Crippen molar-refractivity contribution in [2.75, 3.05) is 13.6 Å². The number of rotatable bonds is 7. The van der Waals surface area contributed by atoms with E-state index in [1.165, 1.54) is 0 Å². The number of amides is 1. The van der Waals surface area contributed by atoms with Crippen molar-refractivity contribution in [1.82, 2.24) is 15.2 Å². The van der Waals surface area contributed by atoms with Crippen molar-refractivity contribution in [3.05, 3.63) is 29.6 Å². The molecule has 1 heterocycles. The lowest BCUT2D eigenvalue weighted by atomic mass is 10.2. The highest BCUT2D eigenvalue weighted by Gasteiger charge is 2.09. The third kappa shape index (κ3) is 6.34. The number of nitrogens with one attached hydrogen (secondary N) is 1. The van der Waals surface area contributed by atoms with E-state index < -0.39 is 0 Å². The highest BCUT2D eigenvalue weighted by Crippen LogP contribution is 2.04. The molecule has 0 aliphatic rings. The Kier molecular flexibility index (Phi) is 6.50. The first-order valence-corrected chi connectivity index (χ1v) is 6.89. The minimum absolute atomic E-state index is 0.175. The third-order valence-corrected chi connectivity index (χ3v) is 2.89. The molecule has 0 spiro atoms. The van der Waals surface area contributed by atoms with Crippen LogP contribution < -0.4 is 5.32 Å². The normalized spacial score (nSPS) is 10.8. The molecule has 19 heavy (non-hydrogen) atoms. The zero-order valence-electron chi connectivity index (χ0n) is 12.4. The molecule has 1 aromatic rings. The molecule has 4 nitrogen and oxygen atoms in total. The molecule has 0 bridgehead atoms. The van der Waals surface area contributed by atoms with Crippen molar-refractivity contribution in [2.45, 2.75) is 46.2 Å². The van der Waals surface area contributed by atoms with Crippen LogP contribution in [-0.2, 0) is 11.3 Å². The first-order valence-electron chi connectivity index (χ1n) is 6.89. The van der Waals surface area contributed by atoms with E-state index in [-0.39, 0.29) is 5.91 Å². The quantitative estimate of drug-likeness (QED) is 0.767. The molecule has 0 saturated heterocycles. The van der Waals surface area contributed by atoms with Gasteiger partial charge in [0, 0.05) is 25.2 Å². The summed E-state index contributed by atoms with van der Waals surface area (Å²) in [5.74, 6) is 0.175. The zero-order chi connectivity index (χ0) is 14.3. The van der Waals surface area contributed by atoms with Crippen LogP contribution in [0.25, 0.3) is 0 Å². The number of carbonyl (C=O) groups excluding carboxylic acids is 1. The first-order chi connectivity index (χ1) is 8.99. The van der Waals surface area contributed by atoms with E-state index in [1.807, 2.05) is 32.2 Å². The lowest BCUT2D eigenvalue weighted by molar-refractivity contribution is -0.130. The van der Waals surface area contributed by atoms with Gasteiger partial charge in [0.25, 0.3) is 0 Å². The number of aromatic nitrogens is 1. The fourth-order valence-corrected chi connectivity index (χ4v) is 1.84. The molecular weight excluding hydrogens is 238 g/mol. The number of hydrogen-bond acceptors (Lipinski definition) is 3. The van der Waals surface area contributed by atoms with E-state index in [0.717, 1.165) is 24.4 Å². The third-order valence-electron chi connectivity index (χ3n) is 2.89. The topological polar surface area (TPSA) is 45.2 Å². The van der Waals surface area contributed by atoms with Crippen LogP contribution in [0.2, 0.25) is 0 Å². The largest absolute Gasteiger partial charge is 0.340 e. The van der Waals surface area contributed by atoms with Crippen LogP contribution in [0, 0.1) is 6.92 Å². The van der Waals surface area contributed by atoms with E-state index in [9.17, 15) is 4.79 Å². The van der Waals surface area contributed by atoms with Crippen molar-refractivity contribution >= 4 is 5.91 Å². The van der Waals surface area contributed by atoms with E-state index in [4.69, 9.17) is 0 Å². The molecule has 0 atom stereocenters. The number of aryl methyl sites for hydroxylation is 1. The van der Waals surface area contributed by atoms with Gasteiger partial charge in [-0.15, -0.1) is 0 Å². The number of nitrogens with zero attached hydrogens (tertiary/aromatic N) is 2. The summed E-state index contributed by atoms with van der Waals surface area (Å²) in [4.78, 5) is 18.1. The Hall–Kier alpha value is -1.42. The fraction of sp³-hybridized carbons (Fsp3) is 0.600. The fourth-order valence-electron chi connectivity index (χ4n) is 1.84. The summed E-state index contributed by atoms with van der Waals surface area (Å²) >= 11 is 0. The van der Waals surface area contributed by atoms with E-state index in [0.29, 0.717) is 19.0 Å². The van der Waals surface area contributed by atoms with Crippen LogP contribution in [-0.4, -0.2) is 35.4 Å².